The van der Waals surface area contributed by atoms with E-state index in [0.29, 0.717) is 20.5 Å². The lowest BCUT2D eigenvalue weighted by Gasteiger charge is -2.25. The third-order valence-electron chi connectivity index (χ3n) is 3.23. The van der Waals surface area contributed by atoms with E-state index in [4.69, 9.17) is 16.0 Å². The molecule has 3 aromatic heterocycles. The van der Waals surface area contributed by atoms with Gasteiger partial charge in [-0.15, -0.1) is 11.3 Å². The molecular weight excluding hydrogens is 342 g/mol. The molecule has 0 aliphatic rings. The smallest absolute Gasteiger partial charge is 0.261 e. The molecule has 0 spiro atoms. The zero-order valence-electron chi connectivity index (χ0n) is 11.3. The Bertz CT molecular complexity index is 715. The van der Waals surface area contributed by atoms with Gasteiger partial charge < -0.3 is 14.8 Å². The molecule has 4 nitrogen and oxygen atoms in total. The van der Waals surface area contributed by atoms with E-state index < -0.39 is 5.60 Å². The average Bonchev–Trinajstić information content (AvgIpc) is 3.24. The summed E-state index contributed by atoms with van der Waals surface area (Å²) in [5.41, 5.74) is -0.725. The number of carbonyl (C=O) groups is 1. The topological polar surface area (TPSA) is 62.5 Å². The van der Waals surface area contributed by atoms with Gasteiger partial charge >= 0.3 is 0 Å². The maximum absolute atomic E-state index is 12.1. The summed E-state index contributed by atoms with van der Waals surface area (Å²) in [6.07, 6.45) is 1.49. The molecule has 0 saturated carbocycles. The van der Waals surface area contributed by atoms with Gasteiger partial charge in [-0.1, -0.05) is 11.6 Å². The lowest BCUT2D eigenvalue weighted by molar-refractivity contribution is 0.0530. The summed E-state index contributed by atoms with van der Waals surface area (Å²) >= 11 is 8.49. The molecule has 0 fully saturated rings. The maximum Gasteiger partial charge on any atom is 0.261 e. The number of carbonyl (C=O) groups excluding carboxylic acids is 1. The molecule has 2 N–H and O–H groups in total. The molecule has 114 valence electrons. The highest BCUT2D eigenvalue weighted by Crippen LogP contribution is 2.31. The number of aliphatic hydroxyl groups is 1. The van der Waals surface area contributed by atoms with Crippen molar-refractivity contribution >= 4 is 40.2 Å². The van der Waals surface area contributed by atoms with Gasteiger partial charge in [0, 0.05) is 5.56 Å². The van der Waals surface area contributed by atoms with E-state index in [-0.39, 0.29) is 12.5 Å². The first kappa shape index (κ1) is 15.3. The highest BCUT2D eigenvalue weighted by Gasteiger charge is 2.35. The molecule has 7 heteroatoms. The van der Waals surface area contributed by atoms with Crippen LogP contribution in [-0.2, 0) is 5.60 Å². The van der Waals surface area contributed by atoms with Crippen molar-refractivity contribution in [1.82, 2.24) is 5.32 Å². The summed E-state index contributed by atoms with van der Waals surface area (Å²) in [6, 6.07) is 8.51. The van der Waals surface area contributed by atoms with E-state index in [1.165, 1.54) is 28.9 Å². The molecule has 1 atom stereocenters. The summed E-state index contributed by atoms with van der Waals surface area (Å²) in [7, 11) is 0. The fourth-order valence-electron chi connectivity index (χ4n) is 2.08. The molecule has 0 radical (unpaired) electrons. The van der Waals surface area contributed by atoms with E-state index in [1.54, 1.807) is 30.3 Å². The quantitative estimate of drug-likeness (QED) is 0.734. The highest BCUT2D eigenvalue weighted by atomic mass is 35.5. The van der Waals surface area contributed by atoms with E-state index in [9.17, 15) is 9.90 Å². The Morgan fingerprint density at radius 1 is 1.36 bits per heavy atom. The molecule has 0 aliphatic heterocycles. The largest absolute Gasteiger partial charge is 0.466 e. The number of nitrogens with one attached hydrogen (secondary N) is 1. The fraction of sp³-hybridized carbons (Fsp3) is 0.133. The molecule has 22 heavy (non-hydrogen) atoms. The van der Waals surface area contributed by atoms with Crippen LogP contribution >= 0.6 is 34.3 Å². The van der Waals surface area contributed by atoms with Crippen LogP contribution in [0.15, 0.2) is 51.8 Å². The van der Waals surface area contributed by atoms with Gasteiger partial charge in [0.25, 0.3) is 5.91 Å². The lowest BCUT2D eigenvalue weighted by Crippen LogP contribution is -2.41. The minimum atomic E-state index is -1.40. The van der Waals surface area contributed by atoms with Gasteiger partial charge in [-0.05, 0) is 41.1 Å². The number of halogens is 1. The van der Waals surface area contributed by atoms with Crippen molar-refractivity contribution in [2.24, 2.45) is 0 Å². The second-order valence-electron chi connectivity index (χ2n) is 4.64. The second-order valence-corrected chi connectivity index (χ2v) is 7.13. The van der Waals surface area contributed by atoms with Crippen molar-refractivity contribution in [2.75, 3.05) is 6.54 Å². The molecule has 3 aromatic rings. The van der Waals surface area contributed by atoms with Crippen molar-refractivity contribution in [2.45, 2.75) is 5.60 Å². The molecule has 1 amide bonds. The van der Waals surface area contributed by atoms with Crippen LogP contribution < -0.4 is 5.32 Å². The van der Waals surface area contributed by atoms with Gasteiger partial charge in [-0.2, -0.15) is 11.3 Å². The normalized spacial score (nSPS) is 13.7. The second kappa shape index (κ2) is 6.26. The molecular formula is C15H12ClNO3S2. The van der Waals surface area contributed by atoms with Crippen molar-refractivity contribution in [3.05, 3.63) is 67.9 Å². The summed E-state index contributed by atoms with van der Waals surface area (Å²) < 4.78 is 5.90. The van der Waals surface area contributed by atoms with E-state index >= 15 is 0 Å². The van der Waals surface area contributed by atoms with Gasteiger partial charge in [0.15, 0.2) is 5.60 Å². The fourth-order valence-corrected chi connectivity index (χ4v) is 3.76. The molecule has 0 bridgehead atoms. The molecule has 0 saturated heterocycles. The van der Waals surface area contributed by atoms with Gasteiger partial charge in [0.2, 0.25) is 0 Å². The minimum Gasteiger partial charge on any atom is -0.466 e. The Morgan fingerprint density at radius 3 is 2.82 bits per heavy atom. The molecule has 3 heterocycles. The van der Waals surface area contributed by atoms with Crippen LogP contribution in [0.2, 0.25) is 4.34 Å². The van der Waals surface area contributed by atoms with Gasteiger partial charge in [-0.3, -0.25) is 4.79 Å². The maximum atomic E-state index is 12.1. The average molecular weight is 354 g/mol. The first-order valence-electron chi connectivity index (χ1n) is 6.42. The van der Waals surface area contributed by atoms with Crippen molar-refractivity contribution in [1.29, 1.82) is 0 Å². The lowest BCUT2D eigenvalue weighted by atomic mass is 9.93. The van der Waals surface area contributed by atoms with E-state index in [0.717, 1.165) is 0 Å². The Balaban J connectivity index is 1.81. The van der Waals surface area contributed by atoms with Crippen LogP contribution in [0, 0.1) is 0 Å². The predicted molar refractivity (Wildman–Crippen MR) is 87.7 cm³/mol. The van der Waals surface area contributed by atoms with Crippen molar-refractivity contribution in [3.63, 3.8) is 0 Å². The number of furan rings is 1. The Morgan fingerprint density at radius 2 is 2.23 bits per heavy atom. The molecule has 0 unspecified atom stereocenters. The van der Waals surface area contributed by atoms with Gasteiger partial charge in [-0.25, -0.2) is 0 Å². The van der Waals surface area contributed by atoms with Crippen molar-refractivity contribution in [3.8, 4) is 0 Å². The van der Waals surface area contributed by atoms with Crippen LogP contribution in [0.3, 0.4) is 0 Å². The number of thiophene rings is 2. The summed E-state index contributed by atoms with van der Waals surface area (Å²) in [4.78, 5) is 12.6. The monoisotopic (exact) mass is 353 g/mol. The zero-order valence-corrected chi connectivity index (χ0v) is 13.7. The summed E-state index contributed by atoms with van der Waals surface area (Å²) in [5, 5.41) is 17.4. The predicted octanol–water partition coefficient (Wildman–Crippen LogP) is 3.72. The molecule has 0 aromatic carbocycles. The van der Waals surface area contributed by atoms with Crippen LogP contribution in [0.4, 0.5) is 0 Å². The third-order valence-corrected chi connectivity index (χ3v) is 5.14. The first-order valence-corrected chi connectivity index (χ1v) is 8.56. The van der Waals surface area contributed by atoms with E-state index in [2.05, 4.69) is 5.32 Å². The van der Waals surface area contributed by atoms with Gasteiger partial charge in [0.05, 0.1) is 22.0 Å². The SMILES string of the molecule is O=C(NC[C@@](O)(c1ccsc1)c1ccco1)c1ccc(Cl)s1. The van der Waals surface area contributed by atoms with E-state index in [1.807, 2.05) is 10.8 Å². The Hall–Kier alpha value is -1.60. The Kier molecular flexibility index (Phi) is 4.35. The zero-order chi connectivity index (χ0) is 15.6. The minimum absolute atomic E-state index is 0.00555. The Labute approximate surface area is 140 Å². The van der Waals surface area contributed by atoms with Crippen LogP contribution in [0.5, 0.6) is 0 Å². The number of amides is 1. The third kappa shape index (κ3) is 2.96. The van der Waals surface area contributed by atoms with Crippen LogP contribution in [0.25, 0.3) is 0 Å². The number of hydrogen-bond donors (Lipinski definition) is 2. The first-order chi connectivity index (χ1) is 10.6. The number of rotatable bonds is 5. The van der Waals surface area contributed by atoms with Crippen molar-refractivity contribution < 1.29 is 14.3 Å². The highest BCUT2D eigenvalue weighted by molar-refractivity contribution is 7.18. The van der Waals surface area contributed by atoms with Gasteiger partial charge in [0.1, 0.15) is 5.76 Å². The summed E-state index contributed by atoms with van der Waals surface area (Å²) in [6.45, 7) is 0.00555. The molecule has 0 aliphatic carbocycles. The molecule has 3 rings (SSSR count). The number of hydrogen-bond acceptors (Lipinski definition) is 5. The van der Waals surface area contributed by atoms with Crippen LogP contribution in [-0.4, -0.2) is 17.6 Å². The van der Waals surface area contributed by atoms with Crippen LogP contribution in [0.1, 0.15) is 21.0 Å². The standard InChI is InChI=1S/C15H12ClNO3S2/c16-13-4-3-11(22-13)14(18)17-9-15(19,10-5-7-21-8-10)12-2-1-6-20-12/h1-8,19H,9H2,(H,17,18)/t15-/m1/s1. The summed E-state index contributed by atoms with van der Waals surface area (Å²) in [5.74, 6) is 0.104.